The SMILES string of the molecule is CC(C)C(=O)c1ccc(S(=O)(=O)N2CCN(C)CC2)cc1. The number of rotatable bonds is 4. The number of hydrogen-bond acceptors (Lipinski definition) is 4. The summed E-state index contributed by atoms with van der Waals surface area (Å²) in [5.41, 5.74) is 0.558. The van der Waals surface area contributed by atoms with Crippen LogP contribution >= 0.6 is 0 Å². The normalized spacial score (nSPS) is 18.1. The minimum Gasteiger partial charge on any atom is -0.304 e. The van der Waals surface area contributed by atoms with Gasteiger partial charge in [0.05, 0.1) is 4.90 Å². The molecule has 116 valence electrons. The maximum absolute atomic E-state index is 12.5. The lowest BCUT2D eigenvalue weighted by Crippen LogP contribution is -2.47. The van der Waals surface area contributed by atoms with Crippen molar-refractivity contribution in [3.05, 3.63) is 29.8 Å². The van der Waals surface area contributed by atoms with Gasteiger partial charge >= 0.3 is 0 Å². The van der Waals surface area contributed by atoms with E-state index in [2.05, 4.69) is 4.90 Å². The van der Waals surface area contributed by atoms with Crippen LogP contribution in [0.25, 0.3) is 0 Å². The van der Waals surface area contributed by atoms with E-state index >= 15 is 0 Å². The monoisotopic (exact) mass is 310 g/mol. The standard InChI is InChI=1S/C15H22N2O3S/c1-12(2)15(18)13-4-6-14(7-5-13)21(19,20)17-10-8-16(3)9-11-17/h4-7,12H,8-11H2,1-3H3. The van der Waals surface area contributed by atoms with Crippen molar-refractivity contribution < 1.29 is 13.2 Å². The van der Waals surface area contributed by atoms with E-state index in [9.17, 15) is 13.2 Å². The Morgan fingerprint density at radius 2 is 1.57 bits per heavy atom. The van der Waals surface area contributed by atoms with E-state index in [1.807, 2.05) is 20.9 Å². The zero-order chi connectivity index (χ0) is 15.6. The minimum absolute atomic E-state index is 0.0264. The number of likely N-dealkylation sites (N-methyl/N-ethyl adjacent to an activating group) is 1. The molecule has 0 spiro atoms. The summed E-state index contributed by atoms with van der Waals surface area (Å²) in [6.45, 7) is 6.15. The molecule has 1 aliphatic heterocycles. The van der Waals surface area contributed by atoms with Crippen molar-refractivity contribution in [2.45, 2.75) is 18.7 Å². The molecule has 0 atom stereocenters. The average molecular weight is 310 g/mol. The molecule has 1 heterocycles. The number of carbonyl (C=O) groups is 1. The van der Waals surface area contributed by atoms with Crippen LogP contribution in [0.2, 0.25) is 0 Å². The molecule has 6 heteroatoms. The topological polar surface area (TPSA) is 57.7 Å². The molecule has 1 saturated heterocycles. The molecule has 1 aromatic rings. The van der Waals surface area contributed by atoms with Gasteiger partial charge in [-0.2, -0.15) is 4.31 Å². The highest BCUT2D eigenvalue weighted by Crippen LogP contribution is 2.19. The summed E-state index contributed by atoms with van der Waals surface area (Å²) in [6, 6.07) is 6.27. The smallest absolute Gasteiger partial charge is 0.243 e. The number of ketones is 1. The van der Waals surface area contributed by atoms with Gasteiger partial charge in [0.25, 0.3) is 0 Å². The highest BCUT2D eigenvalue weighted by atomic mass is 32.2. The summed E-state index contributed by atoms with van der Waals surface area (Å²) < 4.78 is 26.6. The summed E-state index contributed by atoms with van der Waals surface area (Å²) in [7, 11) is -1.47. The quantitative estimate of drug-likeness (QED) is 0.790. The van der Waals surface area contributed by atoms with Crippen molar-refractivity contribution in [2.75, 3.05) is 33.2 Å². The molecule has 0 saturated carbocycles. The predicted molar refractivity (Wildman–Crippen MR) is 81.9 cm³/mol. The number of nitrogens with zero attached hydrogens (tertiary/aromatic N) is 2. The molecule has 0 aliphatic carbocycles. The van der Waals surface area contributed by atoms with Crippen molar-refractivity contribution >= 4 is 15.8 Å². The van der Waals surface area contributed by atoms with Crippen LogP contribution in [-0.4, -0.2) is 56.6 Å². The van der Waals surface area contributed by atoms with E-state index < -0.39 is 10.0 Å². The zero-order valence-corrected chi connectivity index (χ0v) is 13.6. The summed E-state index contributed by atoms with van der Waals surface area (Å²) in [5.74, 6) is -0.0661. The lowest BCUT2D eigenvalue weighted by atomic mass is 10.0. The Balaban J connectivity index is 2.19. The Morgan fingerprint density at radius 3 is 2.05 bits per heavy atom. The van der Waals surface area contributed by atoms with E-state index in [-0.39, 0.29) is 16.6 Å². The van der Waals surface area contributed by atoms with Gasteiger partial charge in [0.2, 0.25) is 10.0 Å². The van der Waals surface area contributed by atoms with Crippen LogP contribution in [-0.2, 0) is 10.0 Å². The molecule has 1 aromatic carbocycles. The van der Waals surface area contributed by atoms with Crippen LogP contribution in [0.5, 0.6) is 0 Å². The third-order valence-electron chi connectivity index (χ3n) is 3.76. The van der Waals surface area contributed by atoms with Gasteiger partial charge in [-0.1, -0.05) is 26.0 Å². The second-order valence-corrected chi connectivity index (χ2v) is 7.69. The first kappa shape index (κ1) is 16.1. The van der Waals surface area contributed by atoms with Gasteiger partial charge in [-0.15, -0.1) is 0 Å². The van der Waals surface area contributed by atoms with E-state index in [1.54, 1.807) is 12.1 Å². The molecule has 0 amide bonds. The zero-order valence-electron chi connectivity index (χ0n) is 12.7. The molecular formula is C15H22N2O3S. The molecule has 0 N–H and O–H groups in total. The van der Waals surface area contributed by atoms with Crippen molar-refractivity contribution in [2.24, 2.45) is 5.92 Å². The van der Waals surface area contributed by atoms with E-state index in [0.717, 1.165) is 13.1 Å². The molecular weight excluding hydrogens is 288 g/mol. The lowest BCUT2D eigenvalue weighted by Gasteiger charge is -2.31. The highest BCUT2D eigenvalue weighted by molar-refractivity contribution is 7.89. The van der Waals surface area contributed by atoms with E-state index in [4.69, 9.17) is 0 Å². The fraction of sp³-hybridized carbons (Fsp3) is 0.533. The van der Waals surface area contributed by atoms with E-state index in [0.29, 0.717) is 18.7 Å². The second-order valence-electron chi connectivity index (χ2n) is 5.75. The first-order valence-corrected chi connectivity index (χ1v) is 8.59. The van der Waals surface area contributed by atoms with Crippen LogP contribution in [0.4, 0.5) is 0 Å². The Morgan fingerprint density at radius 1 is 1.05 bits per heavy atom. The van der Waals surface area contributed by atoms with Crippen molar-refractivity contribution in [1.29, 1.82) is 0 Å². The fourth-order valence-corrected chi connectivity index (χ4v) is 3.72. The third-order valence-corrected chi connectivity index (χ3v) is 5.68. The fourth-order valence-electron chi connectivity index (χ4n) is 2.30. The third kappa shape index (κ3) is 3.51. The molecule has 0 aromatic heterocycles. The van der Waals surface area contributed by atoms with Gasteiger partial charge in [0, 0.05) is 37.7 Å². The minimum atomic E-state index is -3.45. The molecule has 1 aliphatic rings. The Hall–Kier alpha value is -1.24. The first-order valence-electron chi connectivity index (χ1n) is 7.15. The van der Waals surface area contributed by atoms with Crippen molar-refractivity contribution in [3.8, 4) is 0 Å². The van der Waals surface area contributed by atoms with Gasteiger partial charge < -0.3 is 4.90 Å². The molecule has 0 radical (unpaired) electrons. The summed E-state index contributed by atoms with van der Waals surface area (Å²) in [5, 5.41) is 0. The number of benzene rings is 1. The van der Waals surface area contributed by atoms with Gasteiger partial charge in [-0.05, 0) is 19.2 Å². The van der Waals surface area contributed by atoms with Crippen molar-refractivity contribution in [1.82, 2.24) is 9.21 Å². The van der Waals surface area contributed by atoms with Crippen LogP contribution in [0.15, 0.2) is 29.2 Å². The Bertz CT molecular complexity index is 600. The Labute approximate surface area is 126 Å². The molecule has 1 fully saturated rings. The van der Waals surface area contributed by atoms with Gasteiger partial charge in [-0.25, -0.2) is 8.42 Å². The lowest BCUT2D eigenvalue weighted by molar-refractivity contribution is 0.0939. The number of Topliss-reactive ketones (excluding diaryl/α,β-unsaturated/α-hetero) is 1. The first-order chi connectivity index (χ1) is 9.82. The average Bonchev–Trinajstić information content (AvgIpc) is 2.47. The summed E-state index contributed by atoms with van der Waals surface area (Å²) in [4.78, 5) is 14.2. The second kappa shape index (κ2) is 6.25. The molecule has 21 heavy (non-hydrogen) atoms. The van der Waals surface area contributed by atoms with Crippen LogP contribution in [0.1, 0.15) is 24.2 Å². The number of carbonyl (C=O) groups excluding carboxylic acids is 1. The van der Waals surface area contributed by atoms with Gasteiger partial charge in [0.1, 0.15) is 0 Å². The largest absolute Gasteiger partial charge is 0.304 e. The van der Waals surface area contributed by atoms with Crippen molar-refractivity contribution in [3.63, 3.8) is 0 Å². The highest BCUT2D eigenvalue weighted by Gasteiger charge is 2.27. The van der Waals surface area contributed by atoms with E-state index in [1.165, 1.54) is 16.4 Å². The maximum atomic E-state index is 12.5. The molecule has 0 unspecified atom stereocenters. The number of sulfonamides is 1. The maximum Gasteiger partial charge on any atom is 0.243 e. The Kier molecular flexibility index (Phi) is 4.81. The van der Waals surface area contributed by atoms with Crippen LogP contribution in [0, 0.1) is 5.92 Å². The van der Waals surface area contributed by atoms with Gasteiger partial charge in [-0.3, -0.25) is 4.79 Å². The molecule has 2 rings (SSSR count). The van der Waals surface area contributed by atoms with Crippen LogP contribution < -0.4 is 0 Å². The molecule has 5 nitrogen and oxygen atoms in total. The predicted octanol–water partition coefficient (Wildman–Crippen LogP) is 1.46. The van der Waals surface area contributed by atoms with Gasteiger partial charge in [0.15, 0.2) is 5.78 Å². The number of piperazine rings is 1. The number of hydrogen-bond donors (Lipinski definition) is 0. The summed E-state index contributed by atoms with van der Waals surface area (Å²) >= 11 is 0. The van der Waals surface area contributed by atoms with Crippen LogP contribution in [0.3, 0.4) is 0 Å². The summed E-state index contributed by atoms with van der Waals surface area (Å²) in [6.07, 6.45) is 0. The molecule has 0 bridgehead atoms.